The fourth-order valence-corrected chi connectivity index (χ4v) is 2.21. The van der Waals surface area contributed by atoms with Crippen LogP contribution in [0.25, 0.3) is 0 Å². The first-order valence-corrected chi connectivity index (χ1v) is 6.73. The van der Waals surface area contributed by atoms with Crippen molar-refractivity contribution in [3.8, 4) is 0 Å². The number of carbonyl (C=O) groups is 1. The van der Waals surface area contributed by atoms with E-state index < -0.39 is 5.97 Å². The summed E-state index contributed by atoms with van der Waals surface area (Å²) in [6, 6.07) is 0.309. The summed E-state index contributed by atoms with van der Waals surface area (Å²) in [7, 11) is 0. The van der Waals surface area contributed by atoms with Gasteiger partial charge in [0.1, 0.15) is 6.33 Å². The number of carboxylic acid groups (broad SMARTS) is 1. The van der Waals surface area contributed by atoms with E-state index in [1.54, 1.807) is 6.33 Å². The molecule has 0 radical (unpaired) electrons. The second kappa shape index (κ2) is 6.64. The molecule has 1 aromatic rings. The van der Waals surface area contributed by atoms with Gasteiger partial charge in [-0.15, -0.1) is 10.2 Å². The summed E-state index contributed by atoms with van der Waals surface area (Å²) < 4.78 is 1.95. The highest BCUT2D eigenvalue weighted by atomic mass is 32.2. The number of nitrogens with zero attached hydrogens (tertiary/aromatic N) is 3. The number of hydrogen-bond donors (Lipinski definition) is 1. The van der Waals surface area contributed by atoms with Crippen molar-refractivity contribution < 1.29 is 9.90 Å². The third kappa shape index (κ3) is 4.77. The van der Waals surface area contributed by atoms with E-state index in [-0.39, 0.29) is 5.75 Å². The quantitative estimate of drug-likeness (QED) is 0.760. The van der Waals surface area contributed by atoms with Gasteiger partial charge in [0.05, 0.1) is 5.75 Å². The molecule has 0 spiro atoms. The second-order valence-electron chi connectivity index (χ2n) is 4.52. The van der Waals surface area contributed by atoms with Gasteiger partial charge in [0.2, 0.25) is 0 Å². The fourth-order valence-electron chi connectivity index (χ4n) is 1.48. The van der Waals surface area contributed by atoms with Gasteiger partial charge in [0, 0.05) is 6.04 Å². The molecule has 17 heavy (non-hydrogen) atoms. The van der Waals surface area contributed by atoms with Crippen molar-refractivity contribution in [3.05, 3.63) is 6.33 Å². The molecular weight excluding hydrogens is 238 g/mol. The van der Waals surface area contributed by atoms with Crippen molar-refractivity contribution in [1.29, 1.82) is 0 Å². The van der Waals surface area contributed by atoms with Crippen molar-refractivity contribution in [2.45, 2.75) is 44.8 Å². The molecule has 0 fully saturated rings. The molecule has 1 N–H and O–H groups in total. The molecule has 96 valence electrons. The van der Waals surface area contributed by atoms with Crippen LogP contribution in [0.15, 0.2) is 11.5 Å². The Morgan fingerprint density at radius 3 is 2.76 bits per heavy atom. The van der Waals surface area contributed by atoms with Gasteiger partial charge < -0.3 is 9.67 Å². The highest BCUT2D eigenvalue weighted by Crippen LogP contribution is 2.23. The summed E-state index contributed by atoms with van der Waals surface area (Å²) in [6.45, 7) is 6.49. The normalized spacial score (nSPS) is 12.9. The summed E-state index contributed by atoms with van der Waals surface area (Å²) in [5.74, 6) is -0.140. The van der Waals surface area contributed by atoms with Gasteiger partial charge in [-0.25, -0.2) is 0 Å². The lowest BCUT2D eigenvalue weighted by Gasteiger charge is -2.15. The number of carboxylic acids is 1. The van der Waals surface area contributed by atoms with Crippen LogP contribution in [0.5, 0.6) is 0 Å². The molecular formula is C11H19N3O2S. The van der Waals surface area contributed by atoms with E-state index in [0.29, 0.717) is 17.1 Å². The first kappa shape index (κ1) is 14.0. The Kier molecular flexibility index (Phi) is 5.47. The zero-order chi connectivity index (χ0) is 12.8. The monoisotopic (exact) mass is 257 g/mol. The van der Waals surface area contributed by atoms with E-state index in [1.807, 2.05) is 4.57 Å². The van der Waals surface area contributed by atoms with E-state index in [1.165, 1.54) is 11.8 Å². The predicted molar refractivity (Wildman–Crippen MR) is 67.2 cm³/mol. The molecule has 6 heteroatoms. The summed E-state index contributed by atoms with van der Waals surface area (Å²) in [5, 5.41) is 17.1. The molecule has 0 aliphatic heterocycles. The smallest absolute Gasteiger partial charge is 0.313 e. The lowest BCUT2D eigenvalue weighted by atomic mass is 10.0. The average molecular weight is 257 g/mol. The fraction of sp³-hybridized carbons (Fsp3) is 0.727. The van der Waals surface area contributed by atoms with Crippen molar-refractivity contribution in [2.75, 3.05) is 5.75 Å². The zero-order valence-electron chi connectivity index (χ0n) is 10.5. The molecule has 1 aromatic heterocycles. The van der Waals surface area contributed by atoms with Crippen LogP contribution in [-0.2, 0) is 4.79 Å². The Morgan fingerprint density at radius 2 is 2.18 bits per heavy atom. The molecule has 1 heterocycles. The van der Waals surface area contributed by atoms with Gasteiger partial charge in [-0.1, -0.05) is 25.6 Å². The number of aliphatic carboxylic acids is 1. The minimum absolute atomic E-state index is 0.0234. The summed E-state index contributed by atoms with van der Waals surface area (Å²) in [4.78, 5) is 10.5. The molecule has 0 saturated carbocycles. The molecule has 1 atom stereocenters. The molecule has 0 aliphatic carbocycles. The molecule has 0 saturated heterocycles. The first-order valence-electron chi connectivity index (χ1n) is 5.74. The average Bonchev–Trinajstić information content (AvgIpc) is 2.71. The van der Waals surface area contributed by atoms with Crippen LogP contribution in [0.4, 0.5) is 0 Å². The van der Waals surface area contributed by atoms with Gasteiger partial charge in [0.25, 0.3) is 0 Å². The van der Waals surface area contributed by atoms with Crippen molar-refractivity contribution >= 4 is 17.7 Å². The standard InChI is InChI=1S/C11H19N3O2S/c1-8(2)4-5-9(3)14-7-12-13-11(14)17-6-10(15)16/h7-9H,4-6H2,1-3H3,(H,15,16). The maximum Gasteiger partial charge on any atom is 0.313 e. The van der Waals surface area contributed by atoms with Crippen molar-refractivity contribution in [3.63, 3.8) is 0 Å². The van der Waals surface area contributed by atoms with Crippen LogP contribution in [0, 0.1) is 5.92 Å². The number of hydrogen-bond acceptors (Lipinski definition) is 4. The third-order valence-electron chi connectivity index (χ3n) is 2.50. The Bertz CT molecular complexity index is 365. The lowest BCUT2D eigenvalue weighted by molar-refractivity contribution is -0.133. The van der Waals surface area contributed by atoms with Crippen LogP contribution >= 0.6 is 11.8 Å². The SMILES string of the molecule is CC(C)CCC(C)n1cnnc1SCC(=O)O. The summed E-state index contributed by atoms with van der Waals surface area (Å²) >= 11 is 1.21. The van der Waals surface area contributed by atoms with E-state index in [9.17, 15) is 4.79 Å². The summed E-state index contributed by atoms with van der Waals surface area (Å²) in [6.07, 6.45) is 3.87. The van der Waals surface area contributed by atoms with Crippen LogP contribution in [-0.4, -0.2) is 31.6 Å². The Morgan fingerprint density at radius 1 is 1.47 bits per heavy atom. The molecule has 1 rings (SSSR count). The molecule has 0 aromatic carbocycles. The molecule has 0 amide bonds. The Hall–Kier alpha value is -1.04. The molecule has 1 unspecified atom stereocenters. The predicted octanol–water partition coefficient (Wildman–Crippen LogP) is 2.45. The number of rotatable bonds is 7. The van der Waals surface area contributed by atoms with Crippen molar-refractivity contribution in [1.82, 2.24) is 14.8 Å². The van der Waals surface area contributed by atoms with E-state index in [0.717, 1.165) is 12.8 Å². The van der Waals surface area contributed by atoms with E-state index in [2.05, 4.69) is 31.0 Å². The maximum absolute atomic E-state index is 10.5. The van der Waals surface area contributed by atoms with Gasteiger partial charge in [0.15, 0.2) is 5.16 Å². The lowest BCUT2D eigenvalue weighted by Crippen LogP contribution is -2.08. The minimum Gasteiger partial charge on any atom is -0.481 e. The van der Waals surface area contributed by atoms with Gasteiger partial charge in [-0.3, -0.25) is 4.79 Å². The van der Waals surface area contributed by atoms with Gasteiger partial charge in [-0.05, 0) is 25.7 Å². The van der Waals surface area contributed by atoms with E-state index >= 15 is 0 Å². The maximum atomic E-state index is 10.5. The third-order valence-corrected chi connectivity index (χ3v) is 3.44. The molecule has 0 bridgehead atoms. The van der Waals surface area contributed by atoms with Crippen LogP contribution in [0.1, 0.15) is 39.7 Å². The van der Waals surface area contributed by atoms with Gasteiger partial charge in [-0.2, -0.15) is 0 Å². The zero-order valence-corrected chi connectivity index (χ0v) is 11.3. The Balaban J connectivity index is 2.57. The highest BCUT2D eigenvalue weighted by Gasteiger charge is 2.13. The number of aromatic nitrogens is 3. The Labute approximate surface area is 106 Å². The highest BCUT2D eigenvalue weighted by molar-refractivity contribution is 7.99. The minimum atomic E-state index is -0.834. The molecule has 5 nitrogen and oxygen atoms in total. The van der Waals surface area contributed by atoms with E-state index in [4.69, 9.17) is 5.11 Å². The van der Waals surface area contributed by atoms with Gasteiger partial charge >= 0.3 is 5.97 Å². The van der Waals surface area contributed by atoms with Crippen LogP contribution in [0.2, 0.25) is 0 Å². The number of thioether (sulfide) groups is 1. The second-order valence-corrected chi connectivity index (χ2v) is 5.47. The van der Waals surface area contributed by atoms with Crippen LogP contribution in [0.3, 0.4) is 0 Å². The molecule has 0 aliphatic rings. The summed E-state index contributed by atoms with van der Waals surface area (Å²) in [5.41, 5.74) is 0. The van der Waals surface area contributed by atoms with Crippen molar-refractivity contribution in [2.24, 2.45) is 5.92 Å². The largest absolute Gasteiger partial charge is 0.481 e. The topological polar surface area (TPSA) is 68.0 Å². The first-order chi connectivity index (χ1) is 8.00. The van der Waals surface area contributed by atoms with Crippen LogP contribution < -0.4 is 0 Å².